The largest absolute Gasteiger partial charge is 0.504 e. The normalized spacial score (nSPS) is 49.6. The summed E-state index contributed by atoms with van der Waals surface area (Å²) in [6, 6.07) is 4.38. The van der Waals surface area contributed by atoms with Crippen LogP contribution in [0.15, 0.2) is 24.3 Å². The molecule has 3 saturated carbocycles. The summed E-state index contributed by atoms with van der Waals surface area (Å²) in [6.07, 6.45) is 9.90. The molecule has 4 fully saturated rings. The van der Waals surface area contributed by atoms with Gasteiger partial charge in [-0.3, -0.25) is 4.90 Å². The Morgan fingerprint density at radius 3 is 2.79 bits per heavy atom. The van der Waals surface area contributed by atoms with Crippen molar-refractivity contribution < 1.29 is 19.7 Å². The molecule has 1 unspecified atom stereocenters. The van der Waals surface area contributed by atoms with Crippen LogP contribution in [0.5, 0.6) is 11.5 Å². The summed E-state index contributed by atoms with van der Waals surface area (Å²) in [5.41, 5.74) is 1.47. The van der Waals surface area contributed by atoms with Gasteiger partial charge in [-0.2, -0.15) is 0 Å². The Hall–Kier alpha value is -1.56. The number of hydrogen-bond acceptors (Lipinski definition) is 5. The van der Waals surface area contributed by atoms with Crippen LogP contribution in [0.3, 0.4) is 0 Å². The molecular weight excluding hydrogens is 414 g/mol. The van der Waals surface area contributed by atoms with Gasteiger partial charge in [-0.05, 0) is 67.5 Å². The van der Waals surface area contributed by atoms with E-state index in [4.69, 9.17) is 9.47 Å². The van der Waals surface area contributed by atoms with Crippen molar-refractivity contribution in [3.63, 3.8) is 0 Å². The summed E-state index contributed by atoms with van der Waals surface area (Å²) in [4.78, 5) is 2.80. The highest BCUT2D eigenvalue weighted by atomic mass is 16.6. The molecule has 8 atom stereocenters. The summed E-state index contributed by atoms with van der Waals surface area (Å²) in [6.45, 7) is 6.74. The first kappa shape index (κ1) is 19.7. The molecule has 0 aromatic heterocycles. The molecule has 176 valence electrons. The van der Waals surface area contributed by atoms with Crippen LogP contribution < -0.4 is 4.74 Å². The van der Waals surface area contributed by atoms with Crippen LogP contribution >= 0.6 is 0 Å². The van der Waals surface area contributed by atoms with Crippen LogP contribution in [0.1, 0.15) is 50.7 Å². The van der Waals surface area contributed by atoms with Crippen LogP contribution in [-0.2, 0) is 16.6 Å². The second-order valence-electron chi connectivity index (χ2n) is 12.9. The van der Waals surface area contributed by atoms with Crippen LogP contribution in [0.25, 0.3) is 0 Å². The van der Waals surface area contributed by atoms with Crippen molar-refractivity contribution in [2.24, 2.45) is 28.6 Å². The number of rotatable bonds is 3. The van der Waals surface area contributed by atoms with Crippen LogP contribution in [0.2, 0.25) is 0 Å². The number of benzene rings is 1. The summed E-state index contributed by atoms with van der Waals surface area (Å²) in [5, 5.41) is 22.7. The van der Waals surface area contributed by atoms with Gasteiger partial charge >= 0.3 is 0 Å². The van der Waals surface area contributed by atoms with Crippen LogP contribution in [0, 0.1) is 28.6 Å². The van der Waals surface area contributed by atoms with E-state index in [-0.39, 0.29) is 34.0 Å². The Morgan fingerprint density at radius 1 is 1.21 bits per heavy atom. The molecule has 1 aromatic carbocycles. The SMILES string of the molecule is CO[C@]12C=C[C@@]3(C4Cc5ccc(O)c6c5[C@]3(CCN4CC3CC3)[C@H]1O6)[C@@H]1CC(C)(C)[C@@H](O)[C@@H]12. The third-order valence-corrected chi connectivity index (χ3v) is 11.4. The van der Waals surface area contributed by atoms with Crippen LogP contribution in [-0.4, -0.2) is 59.2 Å². The van der Waals surface area contributed by atoms with Gasteiger partial charge in [0.2, 0.25) is 0 Å². The fraction of sp³-hybridized carbons (Fsp3) is 0.714. The summed E-state index contributed by atoms with van der Waals surface area (Å²) >= 11 is 0. The minimum atomic E-state index is -0.678. The smallest absolute Gasteiger partial charge is 0.165 e. The van der Waals surface area contributed by atoms with Crippen molar-refractivity contribution in [1.82, 2.24) is 4.90 Å². The molecule has 2 aliphatic heterocycles. The highest BCUT2D eigenvalue weighted by Crippen LogP contribution is 2.79. The Labute approximate surface area is 195 Å². The zero-order valence-corrected chi connectivity index (χ0v) is 19.9. The maximum Gasteiger partial charge on any atom is 0.165 e. The first-order valence-corrected chi connectivity index (χ1v) is 13.0. The number of methoxy groups -OCH3 is 1. The average molecular weight is 450 g/mol. The Morgan fingerprint density at radius 2 is 2.03 bits per heavy atom. The van der Waals surface area contributed by atoms with Crippen molar-refractivity contribution in [3.05, 3.63) is 35.4 Å². The maximum atomic E-state index is 11.7. The molecule has 0 amide bonds. The van der Waals surface area contributed by atoms with E-state index >= 15 is 0 Å². The lowest BCUT2D eigenvalue weighted by atomic mass is 9.34. The molecule has 2 spiro atoms. The van der Waals surface area contributed by atoms with E-state index in [0.29, 0.717) is 17.7 Å². The number of phenols is 1. The standard InChI is InChI=1S/C28H35NO4/c1-25(2)13-17-21(23(25)31)28(32-3)9-8-26(17)19-12-16-6-7-18(30)22-20(16)27(26,24(28)33-22)10-11-29(19)14-15-4-5-15/h6-9,15,17,19,21,23-24,30-31H,4-5,10-14H2,1-3H3/t17-,19?,21-,23+,24-,26+,27-,28+/m1/s1. The maximum absolute atomic E-state index is 11.7. The van der Waals surface area contributed by atoms with E-state index < -0.39 is 11.7 Å². The van der Waals surface area contributed by atoms with Gasteiger partial charge in [0.15, 0.2) is 11.5 Å². The first-order chi connectivity index (χ1) is 15.8. The molecule has 5 nitrogen and oxygen atoms in total. The van der Waals surface area contributed by atoms with E-state index in [1.54, 1.807) is 7.11 Å². The molecule has 6 aliphatic carbocycles. The third-order valence-electron chi connectivity index (χ3n) is 11.4. The van der Waals surface area contributed by atoms with Gasteiger partial charge in [0.25, 0.3) is 0 Å². The quantitative estimate of drug-likeness (QED) is 0.693. The van der Waals surface area contributed by atoms with Gasteiger partial charge in [-0.1, -0.05) is 32.1 Å². The highest BCUT2D eigenvalue weighted by Gasteiger charge is 2.84. The lowest BCUT2D eigenvalue weighted by Gasteiger charge is -2.73. The molecule has 1 saturated heterocycles. The monoisotopic (exact) mass is 449 g/mol. The lowest BCUT2D eigenvalue weighted by Crippen LogP contribution is -2.82. The zero-order chi connectivity index (χ0) is 22.5. The van der Waals surface area contributed by atoms with Crippen molar-refractivity contribution in [2.45, 2.75) is 75.2 Å². The van der Waals surface area contributed by atoms with E-state index in [9.17, 15) is 10.2 Å². The van der Waals surface area contributed by atoms with Crippen molar-refractivity contribution in [3.8, 4) is 11.5 Å². The van der Waals surface area contributed by atoms with Gasteiger partial charge in [-0.15, -0.1) is 0 Å². The predicted octanol–water partition coefficient (Wildman–Crippen LogP) is 3.41. The number of aliphatic hydroxyl groups excluding tert-OH is 1. The average Bonchev–Trinajstić information content (AvgIpc) is 3.47. The van der Waals surface area contributed by atoms with E-state index in [2.05, 4.69) is 37.0 Å². The topological polar surface area (TPSA) is 62.2 Å². The van der Waals surface area contributed by atoms with Gasteiger partial charge in [0.05, 0.1) is 11.5 Å². The minimum absolute atomic E-state index is 0.00186. The van der Waals surface area contributed by atoms with E-state index in [1.165, 1.54) is 30.5 Å². The van der Waals surface area contributed by atoms with Gasteiger partial charge < -0.3 is 19.7 Å². The Kier molecular flexibility index (Phi) is 3.37. The Balaban J connectivity index is 1.44. The number of nitrogens with zero attached hydrogens (tertiary/aromatic N) is 1. The number of ether oxygens (including phenoxy) is 2. The van der Waals surface area contributed by atoms with Gasteiger partial charge in [0.1, 0.15) is 11.7 Å². The molecule has 0 radical (unpaired) electrons. The third kappa shape index (κ3) is 1.88. The van der Waals surface area contributed by atoms with Crippen molar-refractivity contribution in [1.29, 1.82) is 0 Å². The molecule has 2 N–H and O–H groups in total. The van der Waals surface area contributed by atoms with Crippen LogP contribution in [0.4, 0.5) is 0 Å². The molecular formula is C28H35NO4. The number of aromatic hydroxyl groups is 1. The number of hydrogen-bond donors (Lipinski definition) is 2. The fourth-order valence-corrected chi connectivity index (χ4v) is 10.0. The first-order valence-electron chi connectivity index (χ1n) is 13.0. The summed E-state index contributed by atoms with van der Waals surface area (Å²) < 4.78 is 13.3. The van der Waals surface area contributed by atoms with Gasteiger partial charge in [-0.25, -0.2) is 0 Å². The molecule has 2 heterocycles. The number of likely N-dealkylation sites (tertiary alicyclic amines) is 1. The Bertz CT molecular complexity index is 1110. The molecule has 4 bridgehead atoms. The zero-order valence-electron chi connectivity index (χ0n) is 19.9. The molecule has 33 heavy (non-hydrogen) atoms. The molecule has 1 aromatic rings. The molecule has 8 aliphatic rings. The summed E-state index contributed by atoms with van der Waals surface area (Å²) in [5.74, 6) is 2.12. The van der Waals surface area contributed by atoms with Gasteiger partial charge in [0, 0.05) is 36.6 Å². The van der Waals surface area contributed by atoms with Crippen molar-refractivity contribution >= 4 is 0 Å². The fourth-order valence-electron chi connectivity index (χ4n) is 10.0. The number of piperidine rings is 1. The number of phenolic OH excluding ortho intramolecular Hbond substituents is 1. The number of aliphatic hydroxyl groups is 1. The highest BCUT2D eigenvalue weighted by molar-refractivity contribution is 5.65. The van der Waals surface area contributed by atoms with Crippen molar-refractivity contribution in [2.75, 3.05) is 20.2 Å². The molecule has 5 heteroatoms. The van der Waals surface area contributed by atoms with E-state index in [0.717, 1.165) is 31.7 Å². The second kappa shape index (κ2) is 5.63. The van der Waals surface area contributed by atoms with E-state index in [1.807, 2.05) is 6.07 Å². The lowest BCUT2D eigenvalue weighted by molar-refractivity contribution is -0.249. The minimum Gasteiger partial charge on any atom is -0.504 e. The summed E-state index contributed by atoms with van der Waals surface area (Å²) in [7, 11) is 1.80. The second-order valence-corrected chi connectivity index (χ2v) is 12.9. The predicted molar refractivity (Wildman–Crippen MR) is 123 cm³/mol. The molecule has 9 rings (SSSR count).